The maximum atomic E-state index is 13.1. The normalized spacial score (nSPS) is 19.7. The Kier molecular flexibility index (Phi) is 7.63. The molecular formula is C26H31N5O6S. The fraction of sp³-hybridized carbons (Fsp3) is 0.462. The van der Waals surface area contributed by atoms with Crippen molar-refractivity contribution < 1.29 is 28.9 Å². The van der Waals surface area contributed by atoms with Crippen LogP contribution in [0.1, 0.15) is 71.9 Å². The minimum atomic E-state index is -0.680. The predicted octanol–water partition coefficient (Wildman–Crippen LogP) is 4.62. The van der Waals surface area contributed by atoms with E-state index in [1.165, 1.54) is 11.3 Å². The van der Waals surface area contributed by atoms with Crippen LogP contribution in [0, 0.1) is 6.92 Å². The van der Waals surface area contributed by atoms with Crippen molar-refractivity contribution in [1.29, 1.82) is 0 Å². The lowest BCUT2D eigenvalue weighted by Crippen LogP contribution is -2.33. The van der Waals surface area contributed by atoms with E-state index in [1.807, 2.05) is 26.0 Å². The van der Waals surface area contributed by atoms with Crippen molar-refractivity contribution in [2.75, 3.05) is 18.5 Å². The van der Waals surface area contributed by atoms with E-state index in [1.54, 1.807) is 19.1 Å². The molecule has 5 rings (SSSR count). The second kappa shape index (κ2) is 11.1. The summed E-state index contributed by atoms with van der Waals surface area (Å²) in [6.45, 7) is 6.42. The molecule has 0 radical (unpaired) electrons. The van der Waals surface area contributed by atoms with Crippen molar-refractivity contribution in [3.8, 4) is 16.3 Å². The van der Waals surface area contributed by atoms with Crippen molar-refractivity contribution in [3.63, 3.8) is 0 Å². The number of alkyl carbamates (subject to hydrolysis) is 1. The number of thiazole rings is 1. The number of hydrogen-bond acceptors (Lipinski definition) is 9. The standard InChI is InChI=1S/C26H31N5O6S/c1-13(2)27-26(34)37-16-8-7-15(11-16)18-12-20(31-30-18)29-23(33)22-14(3)28-24(38-22)17-5-4-6-19(32)21(17)25-35-9-10-36-25/h4-6,12-13,15-16,25,32H,7-11H2,1-3H3,(H,27,34)(H2,29,30,31,33)/t15-,16+/m0/s1. The van der Waals surface area contributed by atoms with Crippen LogP contribution in [0.4, 0.5) is 10.6 Å². The number of carbonyl (C=O) groups excluding carboxylic acids is 2. The van der Waals surface area contributed by atoms with Crippen LogP contribution in [0.15, 0.2) is 24.3 Å². The number of aromatic amines is 1. The molecule has 0 bridgehead atoms. The minimum Gasteiger partial charge on any atom is -0.507 e. The predicted molar refractivity (Wildman–Crippen MR) is 140 cm³/mol. The molecule has 1 saturated carbocycles. The third kappa shape index (κ3) is 5.66. The van der Waals surface area contributed by atoms with Gasteiger partial charge in [0, 0.05) is 29.3 Å². The van der Waals surface area contributed by atoms with Gasteiger partial charge in [-0.2, -0.15) is 5.10 Å². The van der Waals surface area contributed by atoms with E-state index in [4.69, 9.17) is 14.2 Å². The van der Waals surface area contributed by atoms with Crippen molar-refractivity contribution in [2.24, 2.45) is 0 Å². The Morgan fingerprint density at radius 2 is 2.03 bits per heavy atom. The Bertz CT molecular complexity index is 1320. The van der Waals surface area contributed by atoms with Crippen LogP contribution in [0.5, 0.6) is 5.75 Å². The van der Waals surface area contributed by atoms with Gasteiger partial charge in [0.2, 0.25) is 0 Å². The van der Waals surface area contributed by atoms with Crippen molar-refractivity contribution >= 4 is 29.2 Å². The average molecular weight is 542 g/mol. The number of aromatic hydroxyl groups is 1. The zero-order valence-electron chi connectivity index (χ0n) is 21.4. The molecular weight excluding hydrogens is 510 g/mol. The molecule has 12 heteroatoms. The monoisotopic (exact) mass is 541 g/mol. The fourth-order valence-electron chi connectivity index (χ4n) is 4.77. The van der Waals surface area contributed by atoms with Gasteiger partial charge in [-0.05, 0) is 46.1 Å². The summed E-state index contributed by atoms with van der Waals surface area (Å²) >= 11 is 1.23. The number of rotatable bonds is 7. The van der Waals surface area contributed by atoms with Gasteiger partial charge in [-0.25, -0.2) is 9.78 Å². The van der Waals surface area contributed by atoms with Crippen LogP contribution in [-0.4, -0.2) is 57.6 Å². The Morgan fingerprint density at radius 1 is 1.24 bits per heavy atom. The minimum absolute atomic E-state index is 0.0222. The van der Waals surface area contributed by atoms with Crippen molar-refractivity contribution in [1.82, 2.24) is 20.5 Å². The first-order valence-electron chi connectivity index (χ1n) is 12.6. The van der Waals surface area contributed by atoms with E-state index in [9.17, 15) is 14.7 Å². The van der Waals surface area contributed by atoms with Gasteiger partial charge in [0.05, 0.1) is 24.5 Å². The van der Waals surface area contributed by atoms with Crippen molar-refractivity contribution in [2.45, 2.75) is 64.4 Å². The topological polar surface area (TPSA) is 148 Å². The number of hydrogen-bond donors (Lipinski definition) is 4. The summed E-state index contributed by atoms with van der Waals surface area (Å²) < 4.78 is 16.7. The highest BCUT2D eigenvalue weighted by atomic mass is 32.1. The summed E-state index contributed by atoms with van der Waals surface area (Å²) in [5, 5.41) is 23.9. The molecule has 0 unspecified atom stereocenters. The van der Waals surface area contributed by atoms with E-state index < -0.39 is 12.4 Å². The lowest BCUT2D eigenvalue weighted by Gasteiger charge is -2.14. The molecule has 38 heavy (non-hydrogen) atoms. The highest BCUT2D eigenvalue weighted by Gasteiger charge is 2.31. The molecule has 3 heterocycles. The van der Waals surface area contributed by atoms with E-state index in [0.29, 0.717) is 52.2 Å². The highest BCUT2D eigenvalue weighted by molar-refractivity contribution is 7.17. The van der Waals surface area contributed by atoms with Gasteiger partial charge >= 0.3 is 6.09 Å². The molecule has 1 aliphatic carbocycles. The molecule has 2 atom stereocenters. The molecule has 0 spiro atoms. The Morgan fingerprint density at radius 3 is 2.79 bits per heavy atom. The number of nitrogens with zero attached hydrogens (tertiary/aromatic N) is 2. The van der Waals surface area contributed by atoms with Gasteiger partial charge in [-0.3, -0.25) is 9.89 Å². The van der Waals surface area contributed by atoms with Crippen molar-refractivity contribution in [3.05, 3.63) is 46.1 Å². The third-order valence-corrected chi connectivity index (χ3v) is 7.71. The van der Waals surface area contributed by atoms with E-state index in [2.05, 4.69) is 25.8 Å². The van der Waals surface area contributed by atoms with E-state index >= 15 is 0 Å². The lowest BCUT2D eigenvalue weighted by molar-refractivity contribution is -0.0450. The number of phenols is 1. The summed E-state index contributed by atoms with van der Waals surface area (Å²) in [4.78, 5) is 30.1. The molecule has 4 N–H and O–H groups in total. The molecule has 1 saturated heterocycles. The van der Waals surface area contributed by atoms with Crippen LogP contribution in [0.25, 0.3) is 10.6 Å². The second-order valence-corrected chi connectivity index (χ2v) is 10.7. The zero-order chi connectivity index (χ0) is 26.8. The van der Waals surface area contributed by atoms with Crippen LogP contribution < -0.4 is 10.6 Å². The van der Waals surface area contributed by atoms with E-state index in [0.717, 1.165) is 18.5 Å². The Hall–Kier alpha value is -3.48. The molecule has 2 aliphatic rings. The molecule has 3 aromatic rings. The quantitative estimate of drug-likeness (QED) is 0.339. The SMILES string of the molecule is Cc1nc(-c2cccc(O)c2C2OCCO2)sc1C(=O)Nc1cc([C@H]2CC[C@@H](OC(=O)NC(C)C)C2)[nH]n1. The molecule has 1 aliphatic heterocycles. The van der Waals surface area contributed by atoms with Crippen LogP contribution in [0.2, 0.25) is 0 Å². The van der Waals surface area contributed by atoms with Gasteiger partial charge in [0.25, 0.3) is 5.91 Å². The third-order valence-electron chi connectivity index (χ3n) is 6.52. The summed E-state index contributed by atoms with van der Waals surface area (Å²) in [5.74, 6) is 0.299. The number of H-pyrrole nitrogens is 1. The van der Waals surface area contributed by atoms with Crippen LogP contribution in [0.3, 0.4) is 0 Å². The number of amides is 2. The fourth-order valence-corrected chi connectivity index (χ4v) is 5.77. The first-order chi connectivity index (χ1) is 18.3. The van der Waals surface area contributed by atoms with Gasteiger partial charge in [-0.1, -0.05) is 12.1 Å². The number of nitrogens with one attached hydrogen (secondary N) is 3. The largest absolute Gasteiger partial charge is 0.507 e. The molecule has 2 fully saturated rings. The Balaban J connectivity index is 1.25. The van der Waals surface area contributed by atoms with Gasteiger partial charge in [0.1, 0.15) is 21.7 Å². The van der Waals surface area contributed by atoms with Crippen LogP contribution in [-0.2, 0) is 14.2 Å². The number of benzene rings is 1. The molecule has 202 valence electrons. The number of carbonyl (C=O) groups is 2. The maximum absolute atomic E-state index is 13.1. The smallest absolute Gasteiger partial charge is 0.407 e. The maximum Gasteiger partial charge on any atom is 0.407 e. The molecule has 2 amide bonds. The molecule has 11 nitrogen and oxygen atoms in total. The molecule has 2 aromatic heterocycles. The Labute approximate surface area is 223 Å². The second-order valence-electron chi connectivity index (χ2n) is 9.74. The van der Waals surface area contributed by atoms with Gasteiger partial charge in [0.15, 0.2) is 12.1 Å². The number of aromatic nitrogens is 3. The first-order valence-corrected chi connectivity index (χ1v) is 13.5. The zero-order valence-corrected chi connectivity index (χ0v) is 22.3. The number of ether oxygens (including phenoxy) is 3. The summed E-state index contributed by atoms with van der Waals surface area (Å²) in [7, 11) is 0. The van der Waals surface area contributed by atoms with E-state index in [-0.39, 0.29) is 29.7 Å². The summed E-state index contributed by atoms with van der Waals surface area (Å²) in [5.41, 5.74) is 2.61. The number of anilines is 1. The van der Waals surface area contributed by atoms with Crippen LogP contribution >= 0.6 is 11.3 Å². The number of phenolic OH excluding ortho intramolecular Hbond substituents is 1. The summed E-state index contributed by atoms with van der Waals surface area (Å²) in [6.07, 6.45) is 1.09. The first kappa shape index (κ1) is 26.1. The highest BCUT2D eigenvalue weighted by Crippen LogP contribution is 2.41. The molecule has 1 aromatic carbocycles. The number of aryl methyl sites for hydroxylation is 1. The summed E-state index contributed by atoms with van der Waals surface area (Å²) in [6, 6.07) is 6.96. The lowest BCUT2D eigenvalue weighted by atomic mass is 10.0. The van der Waals surface area contributed by atoms with Gasteiger partial charge < -0.3 is 30.0 Å². The average Bonchev–Trinajstić information content (AvgIpc) is 3.66. The van der Waals surface area contributed by atoms with Gasteiger partial charge in [-0.15, -0.1) is 11.3 Å².